The highest BCUT2D eigenvalue weighted by Crippen LogP contribution is 2.36. The predicted octanol–water partition coefficient (Wildman–Crippen LogP) is 1.15. The molecule has 2 rings (SSSR count). The number of rotatable bonds is 11. The number of ether oxygens (including phenoxy) is 2. The summed E-state index contributed by atoms with van der Waals surface area (Å²) in [6.45, 7) is 4.59. The molecule has 11 nitrogen and oxygen atoms in total. The Kier molecular flexibility index (Phi) is 10.1. The smallest absolute Gasteiger partial charge is 0.408 e. The lowest BCUT2D eigenvalue weighted by Crippen LogP contribution is -2.54. The van der Waals surface area contributed by atoms with Crippen molar-refractivity contribution in [1.29, 1.82) is 0 Å². The molecular weight excluding hydrogens is 480 g/mol. The maximum Gasteiger partial charge on any atom is 0.408 e. The zero-order valence-corrected chi connectivity index (χ0v) is 21.5. The lowest BCUT2D eigenvalue weighted by molar-refractivity contribution is -0.145. The predicted molar refractivity (Wildman–Crippen MR) is 134 cm³/mol. The maximum atomic E-state index is 13.9. The number of terminal acetylenes is 1. The van der Waals surface area contributed by atoms with Crippen molar-refractivity contribution < 1.29 is 33.4 Å². The number of carbonyl (C=O) groups excluding carboxylic acids is 5. The van der Waals surface area contributed by atoms with Gasteiger partial charge in [0, 0.05) is 18.0 Å². The van der Waals surface area contributed by atoms with E-state index in [1.54, 1.807) is 45.0 Å². The summed E-state index contributed by atoms with van der Waals surface area (Å²) in [6.07, 6.45) is 5.75. The maximum absolute atomic E-state index is 13.9. The van der Waals surface area contributed by atoms with Crippen molar-refractivity contribution >= 4 is 29.8 Å². The summed E-state index contributed by atoms with van der Waals surface area (Å²) in [7, 11) is 1.19. The zero-order valence-electron chi connectivity index (χ0n) is 21.5. The SMILES string of the molecule is C#Cc1ccccc1C(C(=O)NCC(=O)OC)N(C(=O)C(CCC(N)=O)NC(=O)OC(C)(C)C)C1CC1. The van der Waals surface area contributed by atoms with E-state index in [2.05, 4.69) is 21.3 Å². The third kappa shape index (κ3) is 8.83. The van der Waals surface area contributed by atoms with Crippen LogP contribution in [0.1, 0.15) is 63.6 Å². The number of alkyl carbamates (subject to hydrolysis) is 1. The molecule has 2 atom stereocenters. The van der Waals surface area contributed by atoms with Gasteiger partial charge in [0.15, 0.2) is 0 Å². The van der Waals surface area contributed by atoms with Crippen LogP contribution in [0.4, 0.5) is 4.79 Å². The van der Waals surface area contributed by atoms with E-state index in [-0.39, 0.29) is 18.9 Å². The molecule has 0 spiro atoms. The number of nitrogens with two attached hydrogens (primary N) is 1. The number of nitrogens with zero attached hydrogens (tertiary/aromatic N) is 1. The van der Waals surface area contributed by atoms with Gasteiger partial charge in [-0.1, -0.05) is 24.1 Å². The van der Waals surface area contributed by atoms with Gasteiger partial charge < -0.3 is 30.7 Å². The van der Waals surface area contributed by atoms with Crippen LogP contribution in [-0.4, -0.2) is 66.0 Å². The number of esters is 1. The number of primary amides is 1. The molecule has 0 aliphatic heterocycles. The van der Waals surface area contributed by atoms with Crippen LogP contribution >= 0.6 is 0 Å². The summed E-state index contributed by atoms with van der Waals surface area (Å²) in [5, 5.41) is 5.02. The third-order valence-corrected chi connectivity index (χ3v) is 5.44. The van der Waals surface area contributed by atoms with Gasteiger partial charge in [0.1, 0.15) is 24.2 Å². The quantitative estimate of drug-likeness (QED) is 0.295. The van der Waals surface area contributed by atoms with E-state index < -0.39 is 54.0 Å². The molecule has 11 heteroatoms. The molecule has 0 radical (unpaired) electrons. The Morgan fingerprint density at radius 3 is 2.38 bits per heavy atom. The molecule has 1 aromatic carbocycles. The number of benzene rings is 1. The molecule has 0 saturated heterocycles. The molecule has 0 heterocycles. The molecular formula is C26H34N4O7. The molecule has 200 valence electrons. The van der Waals surface area contributed by atoms with Crippen molar-refractivity contribution in [3.05, 3.63) is 35.4 Å². The van der Waals surface area contributed by atoms with Gasteiger partial charge in [-0.3, -0.25) is 19.2 Å². The Labute approximate surface area is 216 Å². The Balaban J connectivity index is 2.49. The fraction of sp³-hybridized carbons (Fsp3) is 0.500. The van der Waals surface area contributed by atoms with E-state index >= 15 is 0 Å². The minimum Gasteiger partial charge on any atom is -0.468 e. The van der Waals surface area contributed by atoms with Crippen molar-refractivity contribution in [2.24, 2.45) is 5.73 Å². The van der Waals surface area contributed by atoms with Gasteiger partial charge in [0.05, 0.1) is 7.11 Å². The molecule has 1 saturated carbocycles. The highest BCUT2D eigenvalue weighted by atomic mass is 16.6. The second-order valence-corrected chi connectivity index (χ2v) is 9.61. The van der Waals surface area contributed by atoms with Gasteiger partial charge in [-0.2, -0.15) is 0 Å². The molecule has 1 aliphatic carbocycles. The minimum atomic E-state index is -1.21. The second-order valence-electron chi connectivity index (χ2n) is 9.61. The molecule has 1 fully saturated rings. The monoisotopic (exact) mass is 514 g/mol. The molecule has 2 unspecified atom stereocenters. The Morgan fingerprint density at radius 1 is 1.19 bits per heavy atom. The summed E-state index contributed by atoms with van der Waals surface area (Å²) >= 11 is 0. The highest BCUT2D eigenvalue weighted by Gasteiger charge is 2.44. The lowest BCUT2D eigenvalue weighted by Gasteiger charge is -2.35. The van der Waals surface area contributed by atoms with Crippen LogP contribution in [0.2, 0.25) is 0 Å². The number of methoxy groups -OCH3 is 1. The third-order valence-electron chi connectivity index (χ3n) is 5.44. The van der Waals surface area contributed by atoms with E-state index in [4.69, 9.17) is 16.9 Å². The van der Waals surface area contributed by atoms with Crippen LogP contribution in [0.15, 0.2) is 24.3 Å². The fourth-order valence-corrected chi connectivity index (χ4v) is 3.66. The zero-order chi connectivity index (χ0) is 27.8. The summed E-state index contributed by atoms with van der Waals surface area (Å²) in [4.78, 5) is 64.5. The van der Waals surface area contributed by atoms with E-state index in [9.17, 15) is 24.0 Å². The second kappa shape index (κ2) is 12.8. The summed E-state index contributed by atoms with van der Waals surface area (Å²) < 4.78 is 9.90. The van der Waals surface area contributed by atoms with Crippen molar-refractivity contribution in [2.75, 3.05) is 13.7 Å². The van der Waals surface area contributed by atoms with Crippen LogP contribution in [0.25, 0.3) is 0 Å². The number of hydrogen-bond donors (Lipinski definition) is 3. The van der Waals surface area contributed by atoms with E-state index in [0.29, 0.717) is 24.0 Å². The average molecular weight is 515 g/mol. The van der Waals surface area contributed by atoms with Gasteiger partial charge in [0.2, 0.25) is 17.7 Å². The Hall–Kier alpha value is -4.07. The van der Waals surface area contributed by atoms with Crippen molar-refractivity contribution in [3.8, 4) is 12.3 Å². The van der Waals surface area contributed by atoms with E-state index in [1.165, 1.54) is 12.0 Å². The van der Waals surface area contributed by atoms with Gasteiger partial charge in [-0.15, -0.1) is 6.42 Å². The average Bonchev–Trinajstić information content (AvgIpc) is 3.66. The van der Waals surface area contributed by atoms with Crippen molar-refractivity contribution in [1.82, 2.24) is 15.5 Å². The topological polar surface area (TPSA) is 157 Å². The first kappa shape index (κ1) is 29.2. The Bertz CT molecular complexity index is 1070. The Morgan fingerprint density at radius 2 is 1.84 bits per heavy atom. The van der Waals surface area contributed by atoms with Crippen LogP contribution in [-0.2, 0) is 28.7 Å². The fourth-order valence-electron chi connectivity index (χ4n) is 3.66. The van der Waals surface area contributed by atoms with Gasteiger partial charge >= 0.3 is 12.1 Å². The summed E-state index contributed by atoms with van der Waals surface area (Å²) in [5.41, 5.74) is 5.22. The number of amides is 4. The van der Waals surface area contributed by atoms with Crippen molar-refractivity contribution in [3.63, 3.8) is 0 Å². The van der Waals surface area contributed by atoms with Crippen molar-refractivity contribution in [2.45, 2.75) is 70.2 Å². The van der Waals surface area contributed by atoms with Crippen LogP contribution in [0.5, 0.6) is 0 Å². The van der Waals surface area contributed by atoms with Crippen LogP contribution in [0.3, 0.4) is 0 Å². The number of nitrogens with one attached hydrogen (secondary N) is 2. The number of hydrogen-bond acceptors (Lipinski definition) is 7. The summed E-state index contributed by atoms with van der Waals surface area (Å²) in [6, 6.07) is 3.88. The first-order chi connectivity index (χ1) is 17.4. The molecule has 4 N–H and O–H groups in total. The largest absolute Gasteiger partial charge is 0.468 e. The van der Waals surface area contributed by atoms with Crippen LogP contribution in [0, 0.1) is 12.3 Å². The molecule has 37 heavy (non-hydrogen) atoms. The van der Waals surface area contributed by atoms with E-state index in [1.807, 2.05) is 0 Å². The first-order valence-electron chi connectivity index (χ1n) is 11.9. The highest BCUT2D eigenvalue weighted by molar-refractivity contribution is 5.94. The standard InChI is InChI=1S/C26H34N4O7/c1-6-16-9-7-8-10-18(16)22(23(33)28-15-21(32)36-5)30(17-11-12-17)24(34)19(13-14-20(27)31)29-25(35)37-26(2,3)4/h1,7-10,17,19,22H,11-15H2,2-5H3,(H2,27,31)(H,28,33)(H,29,35). The minimum absolute atomic E-state index is 0.107. The number of carbonyl (C=O) groups is 5. The lowest BCUT2D eigenvalue weighted by atomic mass is 9.97. The van der Waals surface area contributed by atoms with E-state index in [0.717, 1.165) is 0 Å². The summed E-state index contributed by atoms with van der Waals surface area (Å²) in [5.74, 6) is -0.0719. The first-order valence-corrected chi connectivity index (χ1v) is 11.9. The van der Waals surface area contributed by atoms with Gasteiger partial charge in [-0.25, -0.2) is 4.79 Å². The van der Waals surface area contributed by atoms with Gasteiger partial charge in [-0.05, 0) is 51.7 Å². The van der Waals surface area contributed by atoms with Crippen LogP contribution < -0.4 is 16.4 Å². The normalized spacial score (nSPS) is 14.4. The molecule has 0 bridgehead atoms. The molecule has 4 amide bonds. The molecule has 1 aliphatic rings. The molecule has 1 aromatic rings. The molecule has 0 aromatic heterocycles. The van der Waals surface area contributed by atoms with Gasteiger partial charge in [0.25, 0.3) is 0 Å².